The first kappa shape index (κ1) is 19.6. The Bertz CT molecular complexity index is 742. The largest absolute Gasteiger partial charge is 0.464 e. The van der Waals surface area contributed by atoms with Crippen molar-refractivity contribution in [3.63, 3.8) is 0 Å². The zero-order valence-electron chi connectivity index (χ0n) is 16.8. The van der Waals surface area contributed by atoms with Crippen molar-refractivity contribution in [1.29, 1.82) is 0 Å². The molecule has 1 aromatic rings. The number of carbonyl (C=O) groups excluding carboxylic acids is 3. The summed E-state index contributed by atoms with van der Waals surface area (Å²) >= 11 is 0. The molecular formula is C21H30N2O4. The van der Waals surface area contributed by atoms with Crippen LogP contribution in [0.4, 0.5) is 0 Å². The van der Waals surface area contributed by atoms with Crippen molar-refractivity contribution in [3.05, 3.63) is 22.5 Å². The highest BCUT2D eigenvalue weighted by Crippen LogP contribution is 2.35. The van der Waals surface area contributed by atoms with Gasteiger partial charge in [0.2, 0.25) is 5.91 Å². The van der Waals surface area contributed by atoms with Crippen LogP contribution in [0.25, 0.3) is 0 Å². The van der Waals surface area contributed by atoms with Crippen LogP contribution in [0, 0.1) is 19.8 Å². The first-order chi connectivity index (χ1) is 12.9. The molecule has 2 fully saturated rings. The van der Waals surface area contributed by atoms with Crippen LogP contribution >= 0.6 is 0 Å². The molecule has 0 saturated heterocycles. The highest BCUT2D eigenvalue weighted by molar-refractivity contribution is 6.06. The molecule has 3 rings (SSSR count). The molecule has 2 aliphatic rings. The van der Waals surface area contributed by atoms with Gasteiger partial charge in [0.05, 0.1) is 13.2 Å². The lowest BCUT2D eigenvalue weighted by atomic mass is 9.91. The molecule has 0 spiro atoms. The van der Waals surface area contributed by atoms with Crippen LogP contribution in [0.5, 0.6) is 0 Å². The van der Waals surface area contributed by atoms with Crippen molar-refractivity contribution in [3.8, 4) is 0 Å². The van der Waals surface area contributed by atoms with E-state index in [1.807, 2.05) is 11.8 Å². The fraction of sp³-hybridized carbons (Fsp3) is 0.667. The van der Waals surface area contributed by atoms with Gasteiger partial charge in [-0.3, -0.25) is 9.59 Å². The van der Waals surface area contributed by atoms with Gasteiger partial charge in [-0.15, -0.1) is 0 Å². The summed E-state index contributed by atoms with van der Waals surface area (Å²) in [5.41, 5.74) is 2.06. The number of nitrogens with one attached hydrogen (secondary N) is 1. The average Bonchev–Trinajstić information content (AvgIpc) is 3.47. The molecule has 1 amide bonds. The first-order valence-corrected chi connectivity index (χ1v) is 10.0. The van der Waals surface area contributed by atoms with Crippen molar-refractivity contribution in [1.82, 2.24) is 9.88 Å². The van der Waals surface area contributed by atoms with Crippen molar-refractivity contribution < 1.29 is 19.1 Å². The summed E-state index contributed by atoms with van der Waals surface area (Å²) in [5, 5.41) is 0. The first-order valence-electron chi connectivity index (χ1n) is 10.0. The summed E-state index contributed by atoms with van der Waals surface area (Å²) in [6, 6.07) is -0.384. The van der Waals surface area contributed by atoms with Gasteiger partial charge in [-0.1, -0.05) is 19.3 Å². The molecule has 0 bridgehead atoms. The second kappa shape index (κ2) is 7.87. The van der Waals surface area contributed by atoms with Crippen LogP contribution in [0.2, 0.25) is 0 Å². The third-order valence-electron chi connectivity index (χ3n) is 6.02. The van der Waals surface area contributed by atoms with Gasteiger partial charge in [-0.05, 0) is 52.0 Å². The molecule has 0 radical (unpaired) electrons. The van der Waals surface area contributed by atoms with E-state index in [0.717, 1.165) is 38.5 Å². The van der Waals surface area contributed by atoms with Crippen molar-refractivity contribution in [2.24, 2.45) is 5.92 Å². The molecule has 0 unspecified atom stereocenters. The maximum absolute atomic E-state index is 13.4. The number of esters is 1. The van der Waals surface area contributed by atoms with Gasteiger partial charge in [0.25, 0.3) is 0 Å². The van der Waals surface area contributed by atoms with E-state index < -0.39 is 12.0 Å². The van der Waals surface area contributed by atoms with E-state index in [4.69, 9.17) is 4.74 Å². The molecule has 27 heavy (non-hydrogen) atoms. The standard InChI is InChI=1S/C21H30N2O4/c1-12-17(13(2)22-18(12)21(26)27-4)19(24)14(3)23(20(25)15-10-11-15)16-8-6-5-7-9-16/h14-16,22H,5-11H2,1-4H3/t14-/m0/s1. The Morgan fingerprint density at radius 3 is 2.26 bits per heavy atom. The van der Waals surface area contributed by atoms with Gasteiger partial charge >= 0.3 is 5.97 Å². The Morgan fingerprint density at radius 2 is 1.70 bits per heavy atom. The number of aromatic amines is 1. The predicted molar refractivity (Wildman–Crippen MR) is 102 cm³/mol. The topological polar surface area (TPSA) is 79.5 Å². The minimum atomic E-state index is -0.528. The van der Waals surface area contributed by atoms with Gasteiger partial charge < -0.3 is 14.6 Å². The van der Waals surface area contributed by atoms with Crippen molar-refractivity contribution >= 4 is 17.7 Å². The zero-order valence-corrected chi connectivity index (χ0v) is 16.8. The fourth-order valence-electron chi connectivity index (χ4n) is 4.35. The molecule has 148 valence electrons. The highest BCUT2D eigenvalue weighted by atomic mass is 16.5. The molecule has 1 atom stereocenters. The second-order valence-corrected chi connectivity index (χ2v) is 7.97. The van der Waals surface area contributed by atoms with E-state index in [1.165, 1.54) is 13.5 Å². The number of nitrogens with zero attached hydrogens (tertiary/aromatic N) is 1. The van der Waals surface area contributed by atoms with Crippen LogP contribution in [0.1, 0.15) is 84.0 Å². The molecule has 2 aliphatic carbocycles. The third kappa shape index (κ3) is 3.80. The number of amides is 1. The van der Waals surface area contributed by atoms with E-state index in [9.17, 15) is 14.4 Å². The van der Waals surface area contributed by atoms with Crippen LogP contribution in [0.15, 0.2) is 0 Å². The van der Waals surface area contributed by atoms with E-state index in [-0.39, 0.29) is 23.7 Å². The van der Waals surface area contributed by atoms with Gasteiger partial charge in [-0.25, -0.2) is 4.79 Å². The number of aromatic nitrogens is 1. The van der Waals surface area contributed by atoms with Crippen LogP contribution < -0.4 is 0 Å². The van der Waals surface area contributed by atoms with E-state index in [0.29, 0.717) is 22.5 Å². The number of ether oxygens (including phenoxy) is 1. The normalized spacial score (nSPS) is 18.8. The van der Waals surface area contributed by atoms with Crippen molar-refractivity contribution in [2.45, 2.75) is 77.8 Å². The van der Waals surface area contributed by atoms with Crippen LogP contribution in [-0.4, -0.2) is 46.7 Å². The summed E-state index contributed by atoms with van der Waals surface area (Å²) in [6.45, 7) is 5.37. The molecule has 6 nitrogen and oxygen atoms in total. The number of aryl methyl sites for hydroxylation is 1. The lowest BCUT2D eigenvalue weighted by molar-refractivity contribution is -0.137. The zero-order chi connectivity index (χ0) is 19.7. The number of methoxy groups -OCH3 is 1. The highest BCUT2D eigenvalue weighted by Gasteiger charge is 2.41. The Morgan fingerprint density at radius 1 is 1.07 bits per heavy atom. The minimum absolute atomic E-state index is 0.0845. The molecule has 0 aromatic carbocycles. The monoisotopic (exact) mass is 374 g/mol. The summed E-state index contributed by atoms with van der Waals surface area (Å²) < 4.78 is 4.80. The number of ketones is 1. The summed E-state index contributed by atoms with van der Waals surface area (Å²) in [4.78, 5) is 43.2. The van der Waals surface area contributed by atoms with Gasteiger partial charge in [0, 0.05) is 23.2 Å². The number of rotatable bonds is 6. The molecule has 6 heteroatoms. The van der Waals surface area contributed by atoms with E-state index >= 15 is 0 Å². The molecule has 1 aromatic heterocycles. The molecule has 1 N–H and O–H groups in total. The van der Waals surface area contributed by atoms with Crippen molar-refractivity contribution in [2.75, 3.05) is 7.11 Å². The summed E-state index contributed by atoms with van der Waals surface area (Å²) in [5.74, 6) is -0.375. The Kier molecular flexibility index (Phi) is 5.72. The van der Waals surface area contributed by atoms with Crippen LogP contribution in [0.3, 0.4) is 0 Å². The minimum Gasteiger partial charge on any atom is -0.464 e. The van der Waals surface area contributed by atoms with Crippen LogP contribution in [-0.2, 0) is 9.53 Å². The van der Waals surface area contributed by atoms with Gasteiger partial charge in [0.1, 0.15) is 5.69 Å². The lowest BCUT2D eigenvalue weighted by Crippen LogP contribution is -2.50. The second-order valence-electron chi connectivity index (χ2n) is 7.97. The number of carbonyl (C=O) groups is 3. The number of hydrogen-bond acceptors (Lipinski definition) is 4. The third-order valence-corrected chi connectivity index (χ3v) is 6.02. The lowest BCUT2D eigenvalue weighted by Gasteiger charge is -2.38. The number of H-pyrrole nitrogens is 1. The summed E-state index contributed by atoms with van der Waals surface area (Å²) in [6.07, 6.45) is 7.20. The molecule has 1 heterocycles. The molecule has 0 aliphatic heterocycles. The predicted octanol–water partition coefficient (Wildman–Crippen LogP) is 3.56. The average molecular weight is 374 g/mol. The van der Waals surface area contributed by atoms with E-state index in [1.54, 1.807) is 13.8 Å². The maximum atomic E-state index is 13.4. The number of Topliss-reactive ketones (excluding diaryl/α,β-unsaturated/α-hetero) is 1. The molecule has 2 saturated carbocycles. The quantitative estimate of drug-likeness (QED) is 0.610. The Balaban J connectivity index is 1.90. The van der Waals surface area contributed by atoms with E-state index in [2.05, 4.69) is 4.98 Å². The van der Waals surface area contributed by atoms with Gasteiger partial charge in [-0.2, -0.15) is 0 Å². The maximum Gasteiger partial charge on any atom is 0.354 e. The molecular weight excluding hydrogens is 344 g/mol. The SMILES string of the molecule is COC(=O)c1[nH]c(C)c(C(=O)[C@H](C)N(C(=O)C2CC2)C2CCCCC2)c1C. The van der Waals surface area contributed by atoms with Gasteiger partial charge in [0.15, 0.2) is 5.78 Å². The smallest absolute Gasteiger partial charge is 0.354 e. The summed E-state index contributed by atoms with van der Waals surface area (Å²) in [7, 11) is 1.32. The Hall–Kier alpha value is -2.11. The fourth-order valence-corrected chi connectivity index (χ4v) is 4.35. The number of hydrogen-bond donors (Lipinski definition) is 1. The Labute approximate surface area is 160 Å².